The Morgan fingerprint density at radius 3 is 2.73 bits per heavy atom. The summed E-state index contributed by atoms with van der Waals surface area (Å²) in [7, 11) is -0.150. The number of methoxy groups -OCH3 is 1. The van der Waals surface area contributed by atoms with Gasteiger partial charge in [-0.1, -0.05) is 0 Å². The Labute approximate surface area is 73.1 Å². The van der Waals surface area contributed by atoms with E-state index in [0.717, 1.165) is 26.2 Å². The first-order valence-electron chi connectivity index (χ1n) is 5.52. The molecule has 3 nitrogen and oxygen atoms in total. The van der Waals surface area contributed by atoms with Gasteiger partial charge in [0.2, 0.25) is 0 Å². The zero-order chi connectivity index (χ0) is 10.6. The van der Waals surface area contributed by atoms with Gasteiger partial charge in [-0.25, -0.2) is 0 Å². The van der Waals surface area contributed by atoms with Gasteiger partial charge in [-0.05, 0) is 7.05 Å². The summed E-state index contributed by atoms with van der Waals surface area (Å²) in [6.45, 7) is 5.11. The Hall–Kier alpha value is -0.120. The van der Waals surface area contributed by atoms with Crippen LogP contribution in [0.5, 0.6) is 0 Å². The maximum atomic E-state index is 6.87. The van der Waals surface area contributed by atoms with Gasteiger partial charge in [-0.2, -0.15) is 0 Å². The van der Waals surface area contributed by atoms with Gasteiger partial charge in [-0.3, -0.25) is 4.90 Å². The molecule has 0 atom stereocenters. The minimum absolute atomic E-state index is 0.292. The molecule has 0 saturated carbocycles. The van der Waals surface area contributed by atoms with E-state index in [9.17, 15) is 0 Å². The molecule has 1 fully saturated rings. The monoisotopic (exact) mass is 161 g/mol. The molecule has 0 amide bonds. The van der Waals surface area contributed by atoms with Crippen molar-refractivity contribution in [1.82, 2.24) is 9.80 Å². The Balaban J connectivity index is 2.08. The van der Waals surface area contributed by atoms with Gasteiger partial charge in [0.05, 0.1) is 10.7 Å². The van der Waals surface area contributed by atoms with Crippen molar-refractivity contribution in [3.8, 4) is 0 Å². The summed E-state index contributed by atoms with van der Waals surface area (Å²) < 4.78 is 25.3. The van der Waals surface area contributed by atoms with Crippen LogP contribution in [0.15, 0.2) is 0 Å². The lowest BCUT2D eigenvalue weighted by molar-refractivity contribution is 0.108. The second-order valence-corrected chi connectivity index (χ2v) is 2.99. The fraction of sp³-hybridized carbons (Fsp3) is 1.00. The third-order valence-corrected chi connectivity index (χ3v) is 2.11. The van der Waals surface area contributed by atoms with Gasteiger partial charge in [0.15, 0.2) is 0 Å². The summed E-state index contributed by atoms with van der Waals surface area (Å²) in [5, 5.41) is 0. The standard InChI is InChI=1S/C8H18N2O/c1-9-3-5-10(6-4-9)7-8-11-2/h3-8H2,1-2H3/i2D3. The highest BCUT2D eigenvalue weighted by atomic mass is 16.5. The number of piperazine rings is 1. The molecule has 0 aromatic heterocycles. The first-order valence-corrected chi connectivity index (χ1v) is 4.02. The topological polar surface area (TPSA) is 15.7 Å². The normalized spacial score (nSPS) is 27.5. The van der Waals surface area contributed by atoms with Crippen LogP contribution >= 0.6 is 0 Å². The van der Waals surface area contributed by atoms with Crippen molar-refractivity contribution in [2.45, 2.75) is 0 Å². The number of hydrogen-bond acceptors (Lipinski definition) is 3. The fourth-order valence-electron chi connectivity index (χ4n) is 1.25. The summed E-state index contributed by atoms with van der Waals surface area (Å²) in [4.78, 5) is 4.49. The molecule has 0 aromatic rings. The summed E-state index contributed by atoms with van der Waals surface area (Å²) in [5.41, 5.74) is 0. The van der Waals surface area contributed by atoms with Crippen LogP contribution < -0.4 is 0 Å². The third kappa shape index (κ3) is 3.18. The lowest BCUT2D eigenvalue weighted by Gasteiger charge is -2.31. The minimum atomic E-state index is -2.24. The largest absolute Gasteiger partial charge is 0.383 e. The molecule has 0 aliphatic carbocycles. The SMILES string of the molecule is [2H]C([2H])([2H])OCCN1CCN(C)CC1. The highest BCUT2D eigenvalue weighted by Crippen LogP contribution is 1.97. The van der Waals surface area contributed by atoms with Gasteiger partial charge in [0.1, 0.15) is 0 Å². The van der Waals surface area contributed by atoms with Gasteiger partial charge < -0.3 is 9.64 Å². The van der Waals surface area contributed by atoms with Gasteiger partial charge >= 0.3 is 0 Å². The number of rotatable bonds is 3. The molecule has 11 heavy (non-hydrogen) atoms. The molecular weight excluding hydrogens is 140 g/mol. The molecular formula is C8H18N2O. The van der Waals surface area contributed by atoms with Crippen LogP contribution in [-0.4, -0.2) is 63.2 Å². The summed E-state index contributed by atoms with van der Waals surface area (Å²) in [6.07, 6.45) is 0. The Bertz CT molecular complexity index is 166. The summed E-state index contributed by atoms with van der Waals surface area (Å²) >= 11 is 0. The number of hydrogen-bond donors (Lipinski definition) is 0. The third-order valence-electron chi connectivity index (χ3n) is 2.11. The van der Waals surface area contributed by atoms with E-state index in [4.69, 9.17) is 8.85 Å². The average Bonchev–Trinajstić information content (AvgIpc) is 2.06. The summed E-state index contributed by atoms with van der Waals surface area (Å²) in [6, 6.07) is 0. The molecule has 66 valence electrons. The molecule has 3 heteroatoms. The van der Waals surface area contributed by atoms with E-state index in [1.807, 2.05) is 0 Å². The number of nitrogens with zero attached hydrogens (tertiary/aromatic N) is 2. The van der Waals surface area contributed by atoms with Crippen LogP contribution in [0.2, 0.25) is 0 Å². The molecule has 0 spiro atoms. The molecule has 0 unspecified atom stereocenters. The maximum Gasteiger partial charge on any atom is 0.0589 e. The van der Waals surface area contributed by atoms with Crippen LogP contribution in [0.3, 0.4) is 0 Å². The van der Waals surface area contributed by atoms with Crippen molar-refractivity contribution in [3.63, 3.8) is 0 Å². The van der Waals surface area contributed by atoms with E-state index >= 15 is 0 Å². The van der Waals surface area contributed by atoms with Crippen molar-refractivity contribution in [3.05, 3.63) is 0 Å². The predicted octanol–water partition coefficient (Wildman–Crippen LogP) is -0.120. The van der Waals surface area contributed by atoms with Crippen LogP contribution in [0.1, 0.15) is 4.11 Å². The quantitative estimate of drug-likeness (QED) is 0.574. The van der Waals surface area contributed by atoms with E-state index in [1.165, 1.54) is 0 Å². The zero-order valence-electron chi connectivity index (χ0n) is 10.0. The van der Waals surface area contributed by atoms with Gasteiger partial charge in [0, 0.05) is 39.8 Å². The highest BCUT2D eigenvalue weighted by Gasteiger charge is 2.12. The Morgan fingerprint density at radius 1 is 1.36 bits per heavy atom. The van der Waals surface area contributed by atoms with Crippen molar-refractivity contribution in [1.29, 1.82) is 0 Å². The average molecular weight is 161 g/mol. The van der Waals surface area contributed by atoms with Crippen LogP contribution in [0, 0.1) is 0 Å². The second-order valence-electron chi connectivity index (χ2n) is 2.99. The van der Waals surface area contributed by atoms with Gasteiger partial charge in [-0.15, -0.1) is 0 Å². The Morgan fingerprint density at radius 2 is 2.09 bits per heavy atom. The number of likely N-dealkylation sites (N-methyl/N-ethyl adjacent to an activating group) is 1. The Kier molecular flexibility index (Phi) is 2.35. The lowest BCUT2D eigenvalue weighted by atomic mass is 10.3. The van der Waals surface area contributed by atoms with E-state index in [-0.39, 0.29) is 0 Å². The van der Waals surface area contributed by atoms with E-state index in [1.54, 1.807) is 0 Å². The van der Waals surface area contributed by atoms with E-state index in [0.29, 0.717) is 13.2 Å². The molecule has 1 rings (SSSR count). The van der Waals surface area contributed by atoms with Crippen molar-refractivity contribution >= 4 is 0 Å². The molecule has 1 saturated heterocycles. The predicted molar refractivity (Wildman–Crippen MR) is 45.8 cm³/mol. The summed E-state index contributed by atoms with van der Waals surface area (Å²) in [5.74, 6) is 0. The zero-order valence-corrected chi connectivity index (χ0v) is 7.05. The van der Waals surface area contributed by atoms with Crippen LogP contribution in [0.4, 0.5) is 0 Å². The molecule has 1 aliphatic rings. The van der Waals surface area contributed by atoms with Crippen LogP contribution in [0.25, 0.3) is 0 Å². The first-order chi connectivity index (χ1) is 6.47. The molecule has 0 aromatic carbocycles. The van der Waals surface area contributed by atoms with Crippen LogP contribution in [-0.2, 0) is 4.74 Å². The van der Waals surface area contributed by atoms with Crippen molar-refractivity contribution < 1.29 is 8.85 Å². The molecule has 0 radical (unpaired) electrons. The van der Waals surface area contributed by atoms with E-state index in [2.05, 4.69) is 16.8 Å². The first kappa shape index (κ1) is 5.51. The van der Waals surface area contributed by atoms with Gasteiger partial charge in [0.25, 0.3) is 0 Å². The lowest BCUT2D eigenvalue weighted by Crippen LogP contribution is -2.45. The highest BCUT2D eigenvalue weighted by molar-refractivity contribution is 4.68. The molecule has 0 N–H and O–H groups in total. The molecule has 0 bridgehead atoms. The van der Waals surface area contributed by atoms with E-state index < -0.39 is 7.04 Å². The molecule has 1 aliphatic heterocycles. The maximum absolute atomic E-state index is 6.87. The van der Waals surface area contributed by atoms with Crippen molar-refractivity contribution in [2.75, 3.05) is 53.4 Å². The fourth-order valence-corrected chi connectivity index (χ4v) is 1.25. The second kappa shape index (κ2) is 4.70. The smallest absolute Gasteiger partial charge is 0.0589 e. The number of ether oxygens (including phenoxy) is 1. The molecule has 1 heterocycles. The minimum Gasteiger partial charge on any atom is -0.383 e. The van der Waals surface area contributed by atoms with Crippen molar-refractivity contribution in [2.24, 2.45) is 0 Å².